The summed E-state index contributed by atoms with van der Waals surface area (Å²) in [7, 11) is 0. The molecule has 0 aromatic carbocycles. The van der Waals surface area contributed by atoms with E-state index in [-0.39, 0.29) is 24.1 Å². The fourth-order valence-electron chi connectivity index (χ4n) is 0.926. The van der Waals surface area contributed by atoms with E-state index in [1.807, 2.05) is 0 Å². The third-order valence-corrected chi connectivity index (χ3v) is 1.52. The molecule has 0 unspecified atom stereocenters. The van der Waals surface area contributed by atoms with Crippen LogP contribution in [0.2, 0.25) is 0 Å². The van der Waals surface area contributed by atoms with Crippen LogP contribution in [0.4, 0.5) is 0 Å². The average molecular weight is 198 g/mol. The van der Waals surface area contributed by atoms with Crippen LogP contribution in [0, 0.1) is 6.92 Å². The van der Waals surface area contributed by atoms with E-state index in [1.165, 1.54) is 13.8 Å². The van der Waals surface area contributed by atoms with E-state index >= 15 is 0 Å². The number of carboxylic acid groups (broad SMARTS) is 1. The lowest BCUT2D eigenvalue weighted by Gasteiger charge is -1.95. The number of nitrogens with zero attached hydrogens (tertiary/aromatic N) is 1. The van der Waals surface area contributed by atoms with Crippen LogP contribution in [0.1, 0.15) is 29.1 Å². The Bertz CT molecular complexity index is 369. The van der Waals surface area contributed by atoms with Gasteiger partial charge in [0, 0.05) is 6.92 Å². The minimum Gasteiger partial charge on any atom is -0.475 e. The Kier molecular flexibility index (Phi) is 2.85. The van der Waals surface area contributed by atoms with Gasteiger partial charge in [0.05, 0.1) is 12.2 Å². The zero-order valence-electron chi connectivity index (χ0n) is 7.83. The lowest BCUT2D eigenvalue weighted by molar-refractivity contribution is -0.119. The second-order valence-corrected chi connectivity index (χ2v) is 2.74. The highest BCUT2D eigenvalue weighted by atomic mass is 16.4. The third kappa shape index (κ3) is 2.32. The highest BCUT2D eigenvalue weighted by molar-refractivity contribution is 5.85. The molecule has 0 spiro atoms. The molecule has 0 bridgehead atoms. The van der Waals surface area contributed by atoms with Gasteiger partial charge in [-0.05, 0) is 6.92 Å². The molecule has 1 aromatic heterocycles. The van der Waals surface area contributed by atoms with Gasteiger partial charge in [0.2, 0.25) is 17.6 Å². The van der Waals surface area contributed by atoms with E-state index in [0.29, 0.717) is 5.69 Å². The van der Waals surface area contributed by atoms with Crippen molar-refractivity contribution in [1.82, 2.24) is 10.3 Å². The van der Waals surface area contributed by atoms with Crippen LogP contribution in [-0.2, 0) is 11.3 Å². The van der Waals surface area contributed by atoms with Gasteiger partial charge in [0.25, 0.3) is 0 Å². The quantitative estimate of drug-likeness (QED) is 0.729. The molecule has 0 fully saturated rings. The van der Waals surface area contributed by atoms with E-state index in [1.54, 1.807) is 0 Å². The predicted octanol–water partition coefficient (Wildman–Crippen LogP) is 0.317. The molecular weight excluding hydrogens is 188 g/mol. The second kappa shape index (κ2) is 3.91. The molecule has 0 aliphatic carbocycles. The largest absolute Gasteiger partial charge is 0.475 e. The van der Waals surface area contributed by atoms with E-state index in [9.17, 15) is 9.59 Å². The summed E-state index contributed by atoms with van der Waals surface area (Å²) in [6.07, 6.45) is 0. The van der Waals surface area contributed by atoms with Crippen LogP contribution in [0.25, 0.3) is 0 Å². The summed E-state index contributed by atoms with van der Waals surface area (Å²) in [6, 6.07) is 0. The summed E-state index contributed by atoms with van der Waals surface area (Å²) in [5, 5.41) is 11.1. The lowest BCUT2D eigenvalue weighted by Crippen LogP contribution is -2.19. The minimum atomic E-state index is -1.16. The van der Waals surface area contributed by atoms with Gasteiger partial charge in [-0.15, -0.1) is 0 Å². The molecule has 1 amide bonds. The smallest absolute Gasteiger partial charge is 0.373 e. The summed E-state index contributed by atoms with van der Waals surface area (Å²) < 4.78 is 4.90. The van der Waals surface area contributed by atoms with Gasteiger partial charge in [-0.1, -0.05) is 0 Å². The van der Waals surface area contributed by atoms with E-state index < -0.39 is 5.97 Å². The monoisotopic (exact) mass is 198 g/mol. The Morgan fingerprint density at radius 3 is 2.64 bits per heavy atom. The third-order valence-electron chi connectivity index (χ3n) is 1.52. The first-order valence-corrected chi connectivity index (χ1v) is 3.94. The van der Waals surface area contributed by atoms with Crippen LogP contribution in [0.3, 0.4) is 0 Å². The maximum absolute atomic E-state index is 10.6. The molecule has 0 aliphatic rings. The van der Waals surface area contributed by atoms with Gasteiger partial charge >= 0.3 is 5.97 Å². The van der Waals surface area contributed by atoms with E-state index in [4.69, 9.17) is 9.52 Å². The molecule has 0 radical (unpaired) electrons. The first-order valence-electron chi connectivity index (χ1n) is 3.94. The van der Waals surface area contributed by atoms with Crippen LogP contribution < -0.4 is 5.32 Å². The fourth-order valence-corrected chi connectivity index (χ4v) is 0.926. The molecule has 0 atom stereocenters. The lowest BCUT2D eigenvalue weighted by atomic mass is 10.4. The molecule has 76 valence electrons. The molecule has 0 saturated carbocycles. The van der Waals surface area contributed by atoms with E-state index in [0.717, 1.165) is 0 Å². The number of rotatable bonds is 3. The van der Waals surface area contributed by atoms with Crippen molar-refractivity contribution in [3.63, 3.8) is 0 Å². The SMILES string of the molecule is CC(=O)NCc1nc(C)c(C(=O)O)o1. The molecule has 6 heteroatoms. The van der Waals surface area contributed by atoms with Crippen LogP contribution in [0.15, 0.2) is 4.42 Å². The normalized spacial score (nSPS) is 9.86. The Morgan fingerprint density at radius 1 is 1.57 bits per heavy atom. The molecule has 1 heterocycles. The molecule has 14 heavy (non-hydrogen) atoms. The van der Waals surface area contributed by atoms with Crippen LogP contribution >= 0.6 is 0 Å². The minimum absolute atomic E-state index is 0.101. The maximum Gasteiger partial charge on any atom is 0.373 e. The Labute approximate surface area is 79.9 Å². The zero-order valence-corrected chi connectivity index (χ0v) is 7.83. The number of carboxylic acids is 1. The van der Waals surface area contributed by atoms with Gasteiger partial charge in [-0.3, -0.25) is 4.79 Å². The number of oxazole rings is 1. The van der Waals surface area contributed by atoms with Crippen molar-refractivity contribution in [1.29, 1.82) is 0 Å². The molecule has 0 aliphatic heterocycles. The maximum atomic E-state index is 10.6. The zero-order chi connectivity index (χ0) is 10.7. The van der Waals surface area contributed by atoms with Crippen LogP contribution in [-0.4, -0.2) is 22.0 Å². The highest BCUT2D eigenvalue weighted by Crippen LogP contribution is 2.09. The molecule has 2 N–H and O–H groups in total. The van der Waals surface area contributed by atoms with E-state index in [2.05, 4.69) is 10.3 Å². The number of aryl methyl sites for hydroxylation is 1. The highest BCUT2D eigenvalue weighted by Gasteiger charge is 2.15. The number of aromatic carboxylic acids is 1. The van der Waals surface area contributed by atoms with Gasteiger partial charge in [0.15, 0.2) is 0 Å². The Balaban J connectivity index is 2.76. The summed E-state index contributed by atoms with van der Waals surface area (Å²) in [5.41, 5.74) is 0.304. The van der Waals surface area contributed by atoms with Gasteiger partial charge in [0.1, 0.15) is 0 Å². The summed E-state index contributed by atoms with van der Waals surface area (Å²) in [5.74, 6) is -1.39. The first-order chi connectivity index (χ1) is 6.50. The molecule has 6 nitrogen and oxygen atoms in total. The second-order valence-electron chi connectivity index (χ2n) is 2.74. The number of amides is 1. The standard InChI is InChI=1S/C8H10N2O4/c1-4-7(8(12)13)14-6(10-4)3-9-5(2)11/h3H2,1-2H3,(H,9,11)(H,12,13). The van der Waals surface area contributed by atoms with Gasteiger partial charge < -0.3 is 14.8 Å². The van der Waals surface area contributed by atoms with Crippen molar-refractivity contribution in [2.75, 3.05) is 0 Å². The van der Waals surface area contributed by atoms with Crippen molar-refractivity contribution in [3.8, 4) is 0 Å². The van der Waals surface area contributed by atoms with Crippen molar-refractivity contribution >= 4 is 11.9 Å². The number of nitrogens with one attached hydrogen (secondary N) is 1. The number of carbonyl (C=O) groups is 2. The van der Waals surface area contributed by atoms with Crippen molar-refractivity contribution < 1.29 is 19.1 Å². The average Bonchev–Trinajstić information content (AvgIpc) is 2.43. The predicted molar refractivity (Wildman–Crippen MR) is 45.7 cm³/mol. The molecular formula is C8H10N2O4. The van der Waals surface area contributed by atoms with Crippen molar-refractivity contribution in [2.24, 2.45) is 0 Å². The Hall–Kier alpha value is -1.85. The first kappa shape index (κ1) is 10.2. The van der Waals surface area contributed by atoms with Gasteiger partial charge in [-0.2, -0.15) is 0 Å². The van der Waals surface area contributed by atoms with Crippen LogP contribution in [0.5, 0.6) is 0 Å². The van der Waals surface area contributed by atoms with Gasteiger partial charge in [-0.25, -0.2) is 9.78 Å². The van der Waals surface area contributed by atoms with Crippen molar-refractivity contribution in [2.45, 2.75) is 20.4 Å². The van der Waals surface area contributed by atoms with Crippen molar-refractivity contribution in [3.05, 3.63) is 17.3 Å². The summed E-state index contributed by atoms with van der Waals surface area (Å²) in [6.45, 7) is 2.99. The molecule has 1 rings (SSSR count). The number of hydrogen-bond donors (Lipinski definition) is 2. The molecule has 0 saturated heterocycles. The topological polar surface area (TPSA) is 92.4 Å². The number of aromatic nitrogens is 1. The number of hydrogen-bond acceptors (Lipinski definition) is 4. The summed E-state index contributed by atoms with van der Waals surface area (Å²) >= 11 is 0. The Morgan fingerprint density at radius 2 is 2.21 bits per heavy atom. The summed E-state index contributed by atoms with van der Waals surface area (Å²) in [4.78, 5) is 24.9. The fraction of sp³-hybridized carbons (Fsp3) is 0.375. The molecule has 1 aromatic rings. The number of carbonyl (C=O) groups excluding carboxylic acids is 1.